The van der Waals surface area contributed by atoms with Crippen LogP contribution in [0.4, 0.5) is 0 Å². The fraction of sp³-hybridized carbons (Fsp3) is 0.857. The second-order valence-corrected chi connectivity index (χ2v) is 2.90. The molecule has 0 aromatic rings. The monoisotopic (exact) mass is 141 g/mol. The van der Waals surface area contributed by atoms with Gasteiger partial charge in [0.15, 0.2) is 6.61 Å². The van der Waals surface area contributed by atoms with Crippen molar-refractivity contribution >= 4 is 5.90 Å². The highest BCUT2D eigenvalue weighted by Gasteiger charge is 2.35. The van der Waals surface area contributed by atoms with E-state index in [1.54, 1.807) is 0 Å². The predicted molar refractivity (Wildman–Crippen MR) is 36.7 cm³/mol. The first-order valence-electron chi connectivity index (χ1n) is 3.69. The Labute approximate surface area is 60.0 Å². The zero-order valence-electron chi connectivity index (χ0n) is 6.04. The Morgan fingerprint density at radius 3 is 2.90 bits per heavy atom. The summed E-state index contributed by atoms with van der Waals surface area (Å²) in [5.74, 6) is 1.41. The molecule has 1 saturated carbocycles. The second-order valence-electron chi connectivity index (χ2n) is 2.90. The molecule has 3 nitrogen and oxygen atoms in total. The van der Waals surface area contributed by atoms with Crippen molar-refractivity contribution in [3.63, 3.8) is 0 Å². The standard InChI is InChI=1S/C7H11NO2/c1-5-8-9-4-7(10-5)6-2-3-6/h6-7H,2-4H2,1H3. The van der Waals surface area contributed by atoms with Gasteiger partial charge in [0.25, 0.3) is 0 Å². The number of nitrogens with zero attached hydrogens (tertiary/aromatic N) is 1. The topological polar surface area (TPSA) is 30.8 Å². The van der Waals surface area contributed by atoms with Crippen LogP contribution in [0.15, 0.2) is 5.16 Å². The third kappa shape index (κ3) is 1.08. The van der Waals surface area contributed by atoms with Crippen molar-refractivity contribution in [3.8, 4) is 0 Å². The van der Waals surface area contributed by atoms with Crippen LogP contribution in [-0.4, -0.2) is 18.6 Å². The van der Waals surface area contributed by atoms with E-state index in [0.717, 1.165) is 5.92 Å². The van der Waals surface area contributed by atoms with E-state index in [1.165, 1.54) is 12.8 Å². The Hall–Kier alpha value is -0.730. The smallest absolute Gasteiger partial charge is 0.222 e. The normalized spacial score (nSPS) is 32.1. The van der Waals surface area contributed by atoms with Gasteiger partial charge in [-0.25, -0.2) is 0 Å². The summed E-state index contributed by atoms with van der Waals surface area (Å²) >= 11 is 0. The van der Waals surface area contributed by atoms with Gasteiger partial charge in [-0.3, -0.25) is 0 Å². The van der Waals surface area contributed by atoms with Crippen LogP contribution in [0.2, 0.25) is 0 Å². The summed E-state index contributed by atoms with van der Waals surface area (Å²) in [7, 11) is 0. The van der Waals surface area contributed by atoms with E-state index < -0.39 is 0 Å². The van der Waals surface area contributed by atoms with Gasteiger partial charge in [0.1, 0.15) is 6.10 Å². The molecule has 0 saturated heterocycles. The summed E-state index contributed by atoms with van der Waals surface area (Å²) < 4.78 is 5.44. The Kier molecular flexibility index (Phi) is 1.29. The number of hydrogen-bond acceptors (Lipinski definition) is 3. The molecule has 2 aliphatic rings. The first-order valence-corrected chi connectivity index (χ1v) is 3.69. The molecule has 1 unspecified atom stereocenters. The lowest BCUT2D eigenvalue weighted by Gasteiger charge is -2.20. The van der Waals surface area contributed by atoms with Crippen molar-refractivity contribution in [2.75, 3.05) is 6.61 Å². The lowest BCUT2D eigenvalue weighted by atomic mass is 10.2. The molecule has 0 radical (unpaired) electrons. The lowest BCUT2D eigenvalue weighted by molar-refractivity contribution is -0.00121. The zero-order chi connectivity index (χ0) is 6.97. The molecule has 1 fully saturated rings. The fourth-order valence-electron chi connectivity index (χ4n) is 1.18. The Balaban J connectivity index is 1.94. The molecule has 0 amide bonds. The zero-order valence-corrected chi connectivity index (χ0v) is 6.04. The number of rotatable bonds is 1. The van der Waals surface area contributed by atoms with Crippen LogP contribution >= 0.6 is 0 Å². The number of oxime groups is 1. The minimum absolute atomic E-state index is 0.289. The second kappa shape index (κ2) is 2.15. The molecular weight excluding hydrogens is 130 g/mol. The van der Waals surface area contributed by atoms with Gasteiger partial charge in [0, 0.05) is 6.92 Å². The summed E-state index contributed by atoms with van der Waals surface area (Å²) in [6.45, 7) is 2.47. The summed E-state index contributed by atoms with van der Waals surface area (Å²) in [6, 6.07) is 0. The van der Waals surface area contributed by atoms with Crippen molar-refractivity contribution < 1.29 is 9.57 Å². The minimum Gasteiger partial charge on any atom is -0.471 e. The van der Waals surface area contributed by atoms with E-state index in [0.29, 0.717) is 12.5 Å². The van der Waals surface area contributed by atoms with Crippen LogP contribution in [0.3, 0.4) is 0 Å². The lowest BCUT2D eigenvalue weighted by Crippen LogP contribution is -2.27. The molecule has 2 rings (SSSR count). The van der Waals surface area contributed by atoms with Crippen molar-refractivity contribution in [1.29, 1.82) is 0 Å². The summed E-state index contributed by atoms with van der Waals surface area (Å²) in [4.78, 5) is 4.96. The summed E-state index contributed by atoms with van der Waals surface area (Å²) in [6.07, 6.45) is 2.88. The molecule has 0 bridgehead atoms. The molecule has 0 aromatic heterocycles. The van der Waals surface area contributed by atoms with E-state index in [4.69, 9.17) is 9.57 Å². The van der Waals surface area contributed by atoms with Crippen molar-refractivity contribution in [2.45, 2.75) is 25.9 Å². The molecule has 1 aliphatic heterocycles. The Bertz CT molecular complexity index is 163. The van der Waals surface area contributed by atoms with Crippen molar-refractivity contribution in [1.82, 2.24) is 0 Å². The first kappa shape index (κ1) is 6.01. The van der Waals surface area contributed by atoms with Crippen molar-refractivity contribution in [3.05, 3.63) is 0 Å². The molecule has 0 spiro atoms. The van der Waals surface area contributed by atoms with Crippen LogP contribution < -0.4 is 0 Å². The SMILES string of the molecule is CC1=NOCC(C2CC2)O1. The molecule has 1 atom stereocenters. The molecule has 0 aromatic carbocycles. The quantitative estimate of drug-likeness (QED) is 0.548. The fourth-order valence-corrected chi connectivity index (χ4v) is 1.18. The van der Waals surface area contributed by atoms with Gasteiger partial charge in [-0.1, -0.05) is 5.16 Å². The first-order chi connectivity index (χ1) is 4.86. The molecule has 56 valence electrons. The Morgan fingerprint density at radius 1 is 1.50 bits per heavy atom. The summed E-state index contributed by atoms with van der Waals surface area (Å²) in [5.41, 5.74) is 0. The molecule has 1 aliphatic carbocycles. The van der Waals surface area contributed by atoms with E-state index in [2.05, 4.69) is 5.16 Å². The van der Waals surface area contributed by atoms with Gasteiger partial charge in [-0.05, 0) is 18.8 Å². The highest BCUT2D eigenvalue weighted by atomic mass is 16.7. The predicted octanol–water partition coefficient (Wildman–Crippen LogP) is 1.15. The molecular formula is C7H11NO2. The minimum atomic E-state index is 0.289. The average Bonchev–Trinajstić information content (AvgIpc) is 2.68. The van der Waals surface area contributed by atoms with Gasteiger partial charge in [0.05, 0.1) is 0 Å². The number of hydrogen-bond donors (Lipinski definition) is 0. The maximum Gasteiger partial charge on any atom is 0.222 e. The van der Waals surface area contributed by atoms with Crippen LogP contribution in [0.1, 0.15) is 19.8 Å². The Morgan fingerprint density at radius 2 is 2.30 bits per heavy atom. The van der Waals surface area contributed by atoms with E-state index in [-0.39, 0.29) is 6.10 Å². The van der Waals surface area contributed by atoms with Crippen LogP contribution in [0.5, 0.6) is 0 Å². The van der Waals surface area contributed by atoms with Gasteiger partial charge >= 0.3 is 0 Å². The maximum atomic E-state index is 5.44. The van der Waals surface area contributed by atoms with E-state index in [9.17, 15) is 0 Å². The molecule has 10 heavy (non-hydrogen) atoms. The van der Waals surface area contributed by atoms with Crippen LogP contribution in [-0.2, 0) is 9.57 Å². The maximum absolute atomic E-state index is 5.44. The summed E-state index contributed by atoms with van der Waals surface area (Å²) in [5, 5.41) is 3.68. The van der Waals surface area contributed by atoms with Crippen LogP contribution in [0.25, 0.3) is 0 Å². The molecule has 1 heterocycles. The highest BCUT2D eigenvalue weighted by Crippen LogP contribution is 2.35. The van der Waals surface area contributed by atoms with Gasteiger partial charge < -0.3 is 9.57 Å². The molecule has 3 heteroatoms. The average molecular weight is 141 g/mol. The highest BCUT2D eigenvalue weighted by molar-refractivity contribution is 5.72. The third-order valence-electron chi connectivity index (χ3n) is 1.90. The van der Waals surface area contributed by atoms with Gasteiger partial charge in [-0.2, -0.15) is 0 Å². The van der Waals surface area contributed by atoms with Gasteiger partial charge in [-0.15, -0.1) is 0 Å². The van der Waals surface area contributed by atoms with E-state index in [1.807, 2.05) is 6.92 Å². The largest absolute Gasteiger partial charge is 0.471 e. The molecule has 0 N–H and O–H groups in total. The van der Waals surface area contributed by atoms with Crippen LogP contribution in [0, 0.1) is 5.92 Å². The van der Waals surface area contributed by atoms with Crippen molar-refractivity contribution in [2.24, 2.45) is 11.1 Å². The van der Waals surface area contributed by atoms with Gasteiger partial charge in [0.2, 0.25) is 5.90 Å². The third-order valence-corrected chi connectivity index (χ3v) is 1.90. The number of ether oxygens (including phenoxy) is 1. The van der Waals surface area contributed by atoms with E-state index >= 15 is 0 Å².